The van der Waals surface area contributed by atoms with E-state index in [1.807, 2.05) is 4.90 Å². The minimum absolute atomic E-state index is 0.200. The van der Waals surface area contributed by atoms with Gasteiger partial charge in [0.2, 0.25) is 0 Å². The van der Waals surface area contributed by atoms with Crippen LogP contribution in [0.3, 0.4) is 0 Å². The maximum Gasteiger partial charge on any atom is 0.326 e. The molecule has 0 aromatic carbocycles. The molecule has 2 aliphatic rings. The average molecular weight is 240 g/mol. The van der Waals surface area contributed by atoms with Crippen molar-refractivity contribution in [3.63, 3.8) is 0 Å². The monoisotopic (exact) mass is 240 g/mol. The molecular formula is C12H20N2O3. The standard InChI is InChI=1S/C12H20N2O3/c1-2-10(11(15)16)13-12(17)14(9-5-6-9)7-8-3-4-8/h8-10H,2-7H2,1H3,(H,13,17)(H,15,16)/t10-/m1/s1. The van der Waals surface area contributed by atoms with Crippen LogP contribution in [0.4, 0.5) is 4.79 Å². The van der Waals surface area contributed by atoms with E-state index in [1.165, 1.54) is 12.8 Å². The van der Waals surface area contributed by atoms with Crippen molar-refractivity contribution >= 4 is 12.0 Å². The normalized spacial score (nSPS) is 20.8. The van der Waals surface area contributed by atoms with Gasteiger partial charge in [-0.1, -0.05) is 6.92 Å². The Bertz CT molecular complexity index is 311. The molecule has 2 aliphatic carbocycles. The Labute approximate surface area is 101 Å². The second-order valence-corrected chi connectivity index (χ2v) is 5.08. The number of carbonyl (C=O) groups excluding carboxylic acids is 1. The first-order valence-electron chi connectivity index (χ1n) is 6.41. The van der Waals surface area contributed by atoms with Crippen molar-refractivity contribution in [3.8, 4) is 0 Å². The molecule has 0 aliphatic heterocycles. The summed E-state index contributed by atoms with van der Waals surface area (Å²) >= 11 is 0. The Morgan fingerprint density at radius 3 is 2.41 bits per heavy atom. The number of hydrogen-bond donors (Lipinski definition) is 2. The molecule has 0 heterocycles. The lowest BCUT2D eigenvalue weighted by molar-refractivity contribution is -0.139. The van der Waals surface area contributed by atoms with Crippen LogP contribution in [-0.4, -0.2) is 40.6 Å². The van der Waals surface area contributed by atoms with Crippen molar-refractivity contribution in [3.05, 3.63) is 0 Å². The number of carbonyl (C=O) groups is 2. The summed E-state index contributed by atoms with van der Waals surface area (Å²) < 4.78 is 0. The number of nitrogens with zero attached hydrogens (tertiary/aromatic N) is 1. The molecular weight excluding hydrogens is 220 g/mol. The minimum Gasteiger partial charge on any atom is -0.480 e. The van der Waals surface area contributed by atoms with Crippen molar-refractivity contribution in [1.29, 1.82) is 0 Å². The van der Waals surface area contributed by atoms with Gasteiger partial charge in [0.15, 0.2) is 0 Å². The summed E-state index contributed by atoms with van der Waals surface area (Å²) in [5, 5.41) is 11.5. The molecule has 2 N–H and O–H groups in total. The highest BCUT2D eigenvalue weighted by Gasteiger charge is 2.37. The van der Waals surface area contributed by atoms with E-state index in [0.717, 1.165) is 19.4 Å². The second-order valence-electron chi connectivity index (χ2n) is 5.08. The lowest BCUT2D eigenvalue weighted by Crippen LogP contribution is -2.49. The number of aliphatic carboxylic acids is 1. The maximum absolute atomic E-state index is 12.0. The summed E-state index contributed by atoms with van der Waals surface area (Å²) in [6.45, 7) is 2.56. The fourth-order valence-electron chi connectivity index (χ4n) is 1.93. The lowest BCUT2D eigenvalue weighted by atomic mass is 10.2. The first-order chi connectivity index (χ1) is 8.11. The topological polar surface area (TPSA) is 69.6 Å². The fourth-order valence-corrected chi connectivity index (χ4v) is 1.93. The molecule has 2 saturated carbocycles. The van der Waals surface area contributed by atoms with E-state index in [1.54, 1.807) is 6.92 Å². The van der Waals surface area contributed by atoms with E-state index in [9.17, 15) is 9.59 Å². The van der Waals surface area contributed by atoms with Crippen molar-refractivity contribution < 1.29 is 14.7 Å². The van der Waals surface area contributed by atoms with Crippen LogP contribution >= 0.6 is 0 Å². The minimum atomic E-state index is -0.956. The molecule has 0 bridgehead atoms. The van der Waals surface area contributed by atoms with Crippen LogP contribution in [0.15, 0.2) is 0 Å². The molecule has 1 atom stereocenters. The predicted octanol–water partition coefficient (Wildman–Crippen LogP) is 1.43. The van der Waals surface area contributed by atoms with Crippen LogP contribution in [0.1, 0.15) is 39.0 Å². The predicted molar refractivity (Wildman–Crippen MR) is 62.7 cm³/mol. The van der Waals surface area contributed by atoms with Crippen LogP contribution in [0.2, 0.25) is 0 Å². The Balaban J connectivity index is 1.88. The van der Waals surface area contributed by atoms with Crippen LogP contribution in [-0.2, 0) is 4.79 Å². The third-order valence-corrected chi connectivity index (χ3v) is 3.40. The van der Waals surface area contributed by atoms with Crippen molar-refractivity contribution in [2.75, 3.05) is 6.54 Å². The number of carboxylic acids is 1. The first-order valence-corrected chi connectivity index (χ1v) is 6.41. The molecule has 0 unspecified atom stereocenters. The number of urea groups is 1. The molecule has 2 amide bonds. The van der Waals surface area contributed by atoms with E-state index < -0.39 is 12.0 Å². The quantitative estimate of drug-likeness (QED) is 0.738. The summed E-state index contributed by atoms with van der Waals surface area (Å²) in [5.74, 6) is -0.311. The Hall–Kier alpha value is -1.26. The van der Waals surface area contributed by atoms with Crippen LogP contribution in [0, 0.1) is 5.92 Å². The third kappa shape index (κ3) is 3.35. The van der Waals surface area contributed by atoms with E-state index >= 15 is 0 Å². The number of hydrogen-bond acceptors (Lipinski definition) is 2. The second kappa shape index (κ2) is 4.94. The number of carboxylic acid groups (broad SMARTS) is 1. The molecule has 0 aromatic heterocycles. The van der Waals surface area contributed by atoms with Gasteiger partial charge in [0, 0.05) is 12.6 Å². The highest BCUT2D eigenvalue weighted by atomic mass is 16.4. The van der Waals surface area contributed by atoms with Crippen molar-refractivity contribution in [2.45, 2.75) is 51.1 Å². The molecule has 0 radical (unpaired) electrons. The summed E-state index contributed by atoms with van der Waals surface area (Å²) in [4.78, 5) is 24.7. The molecule has 2 fully saturated rings. The summed E-state index contributed by atoms with van der Waals surface area (Å²) in [7, 11) is 0. The summed E-state index contributed by atoms with van der Waals surface area (Å²) in [6, 6.07) is -0.612. The molecule has 96 valence electrons. The molecule has 5 heteroatoms. The van der Waals surface area contributed by atoms with E-state index in [4.69, 9.17) is 5.11 Å². The van der Waals surface area contributed by atoms with Gasteiger partial charge in [-0.05, 0) is 38.0 Å². The molecule has 5 nitrogen and oxygen atoms in total. The molecule has 0 saturated heterocycles. The molecule has 2 rings (SSSR count). The van der Waals surface area contributed by atoms with Gasteiger partial charge in [-0.25, -0.2) is 9.59 Å². The molecule has 0 aromatic rings. The SMILES string of the molecule is CC[C@@H](NC(=O)N(CC1CC1)C1CC1)C(=O)O. The van der Waals surface area contributed by atoms with Crippen molar-refractivity contribution in [2.24, 2.45) is 5.92 Å². The summed E-state index contributed by atoms with van der Waals surface area (Å²) in [5.41, 5.74) is 0. The third-order valence-electron chi connectivity index (χ3n) is 3.40. The van der Waals surface area contributed by atoms with Gasteiger partial charge in [0.05, 0.1) is 0 Å². The van der Waals surface area contributed by atoms with E-state index in [-0.39, 0.29) is 6.03 Å². The van der Waals surface area contributed by atoms with Gasteiger partial charge < -0.3 is 15.3 Å². The van der Waals surface area contributed by atoms with Crippen LogP contribution < -0.4 is 5.32 Å². The number of nitrogens with one attached hydrogen (secondary N) is 1. The number of rotatable bonds is 6. The fraction of sp³-hybridized carbons (Fsp3) is 0.833. The van der Waals surface area contributed by atoms with Gasteiger partial charge in [-0.2, -0.15) is 0 Å². The highest BCUT2D eigenvalue weighted by molar-refractivity contribution is 5.82. The highest BCUT2D eigenvalue weighted by Crippen LogP contribution is 2.34. The largest absolute Gasteiger partial charge is 0.480 e. The van der Waals surface area contributed by atoms with Crippen LogP contribution in [0.5, 0.6) is 0 Å². The van der Waals surface area contributed by atoms with Crippen molar-refractivity contribution in [1.82, 2.24) is 10.2 Å². The van der Waals surface area contributed by atoms with Gasteiger partial charge >= 0.3 is 12.0 Å². The lowest BCUT2D eigenvalue weighted by Gasteiger charge is -2.24. The zero-order chi connectivity index (χ0) is 12.4. The van der Waals surface area contributed by atoms with Gasteiger partial charge in [-0.15, -0.1) is 0 Å². The zero-order valence-corrected chi connectivity index (χ0v) is 10.2. The average Bonchev–Trinajstić information content (AvgIpc) is 3.15. The van der Waals surface area contributed by atoms with E-state index in [0.29, 0.717) is 18.4 Å². The number of amides is 2. The Morgan fingerprint density at radius 1 is 1.35 bits per heavy atom. The Kier molecular flexibility index (Phi) is 3.54. The first kappa shape index (κ1) is 12.2. The maximum atomic E-state index is 12.0. The van der Waals surface area contributed by atoms with Gasteiger partial charge in [0.25, 0.3) is 0 Å². The van der Waals surface area contributed by atoms with Gasteiger partial charge in [0.1, 0.15) is 6.04 Å². The van der Waals surface area contributed by atoms with Crippen LogP contribution in [0.25, 0.3) is 0 Å². The zero-order valence-electron chi connectivity index (χ0n) is 10.2. The smallest absolute Gasteiger partial charge is 0.326 e. The van der Waals surface area contributed by atoms with E-state index in [2.05, 4.69) is 5.32 Å². The Morgan fingerprint density at radius 2 is 2.00 bits per heavy atom. The summed E-state index contributed by atoms with van der Waals surface area (Å²) in [6.07, 6.45) is 4.94. The molecule has 0 spiro atoms. The van der Waals surface area contributed by atoms with Gasteiger partial charge in [-0.3, -0.25) is 0 Å². The molecule has 17 heavy (non-hydrogen) atoms.